The van der Waals surface area contributed by atoms with Crippen LogP contribution in [0.1, 0.15) is 30.7 Å². The summed E-state index contributed by atoms with van der Waals surface area (Å²) in [5.74, 6) is 0.601. The molecule has 0 aliphatic carbocycles. The van der Waals surface area contributed by atoms with E-state index in [9.17, 15) is 8.42 Å². The SMILES string of the molecule is COCCOCN(c1onc(C)c1C)S(=O)(=O)c1ccccc1-c1ccc(-c2ncco2)cc1CNC(C)C. The average molecular weight is 555 g/mol. The molecule has 2 heterocycles. The summed E-state index contributed by atoms with van der Waals surface area (Å²) in [6.45, 7) is 8.42. The predicted molar refractivity (Wildman–Crippen MR) is 148 cm³/mol. The molecule has 1 N–H and O–H groups in total. The topological polar surface area (TPSA) is 120 Å². The van der Waals surface area contributed by atoms with Gasteiger partial charge in [-0.15, -0.1) is 0 Å². The van der Waals surface area contributed by atoms with Gasteiger partial charge in [-0.3, -0.25) is 0 Å². The van der Waals surface area contributed by atoms with Gasteiger partial charge in [0.1, 0.15) is 13.0 Å². The van der Waals surface area contributed by atoms with E-state index in [0.29, 0.717) is 35.9 Å². The van der Waals surface area contributed by atoms with Crippen molar-refractivity contribution >= 4 is 15.9 Å². The highest BCUT2D eigenvalue weighted by Gasteiger charge is 2.32. The smallest absolute Gasteiger partial charge is 0.269 e. The van der Waals surface area contributed by atoms with E-state index in [1.807, 2.05) is 24.3 Å². The molecule has 0 unspecified atom stereocenters. The fourth-order valence-electron chi connectivity index (χ4n) is 4.01. The van der Waals surface area contributed by atoms with E-state index in [1.165, 1.54) is 6.26 Å². The van der Waals surface area contributed by atoms with Gasteiger partial charge in [-0.05, 0) is 43.2 Å². The summed E-state index contributed by atoms with van der Waals surface area (Å²) in [5, 5.41) is 7.41. The zero-order valence-electron chi connectivity index (χ0n) is 22.8. The lowest BCUT2D eigenvalue weighted by atomic mass is 9.97. The second-order valence-corrected chi connectivity index (χ2v) is 11.2. The molecule has 2 aromatic carbocycles. The number of ether oxygens (including phenoxy) is 2. The van der Waals surface area contributed by atoms with Crippen molar-refractivity contribution in [1.82, 2.24) is 15.5 Å². The van der Waals surface area contributed by atoms with E-state index in [0.717, 1.165) is 21.0 Å². The molecule has 10 nitrogen and oxygen atoms in total. The van der Waals surface area contributed by atoms with E-state index in [1.54, 1.807) is 45.4 Å². The standard InChI is InChI=1S/C28H34N4O6S/c1-19(2)30-17-23-16-22(27-29-12-13-37-27)10-11-24(23)25-8-6-7-9-26(25)39(33,34)32(18-36-15-14-35-5)28-20(3)21(4)31-38-28/h6-13,16,19,30H,14-15,17-18H2,1-5H3. The molecule has 208 valence electrons. The first-order chi connectivity index (χ1) is 18.7. The van der Waals surface area contributed by atoms with Crippen LogP contribution >= 0.6 is 0 Å². The van der Waals surface area contributed by atoms with Gasteiger partial charge in [0.25, 0.3) is 10.0 Å². The minimum atomic E-state index is -4.15. The molecule has 0 saturated carbocycles. The Morgan fingerprint density at radius 3 is 2.54 bits per heavy atom. The average Bonchev–Trinajstić information content (AvgIpc) is 3.58. The number of hydrogen-bond acceptors (Lipinski definition) is 9. The minimum absolute atomic E-state index is 0.112. The van der Waals surface area contributed by atoms with Gasteiger partial charge in [-0.2, -0.15) is 0 Å². The number of nitrogens with zero attached hydrogens (tertiary/aromatic N) is 3. The Kier molecular flexibility index (Phi) is 9.18. The van der Waals surface area contributed by atoms with Gasteiger partial charge in [-0.25, -0.2) is 17.7 Å². The molecule has 0 saturated heterocycles. The molecule has 39 heavy (non-hydrogen) atoms. The summed E-state index contributed by atoms with van der Waals surface area (Å²) in [6, 6.07) is 12.9. The van der Waals surface area contributed by atoms with Crippen molar-refractivity contribution in [3.8, 4) is 22.6 Å². The third kappa shape index (κ3) is 6.39. The molecule has 4 rings (SSSR count). The Hall–Kier alpha value is -3.51. The molecule has 0 spiro atoms. The molecule has 0 bridgehead atoms. The number of sulfonamides is 1. The number of anilines is 1. The molecular formula is C28H34N4O6S. The summed E-state index contributed by atoms with van der Waals surface area (Å²) in [4.78, 5) is 4.38. The third-order valence-electron chi connectivity index (χ3n) is 6.23. The predicted octanol–water partition coefficient (Wildman–Crippen LogP) is 4.93. The highest BCUT2D eigenvalue weighted by atomic mass is 32.2. The quantitative estimate of drug-likeness (QED) is 0.181. The lowest BCUT2D eigenvalue weighted by Crippen LogP contribution is -2.34. The molecule has 0 atom stereocenters. The van der Waals surface area contributed by atoms with Crippen molar-refractivity contribution in [1.29, 1.82) is 0 Å². The van der Waals surface area contributed by atoms with Crippen LogP contribution in [0.2, 0.25) is 0 Å². The summed E-state index contributed by atoms with van der Waals surface area (Å²) in [6.07, 6.45) is 3.11. The fourth-order valence-corrected chi connectivity index (χ4v) is 5.56. The van der Waals surface area contributed by atoms with E-state index in [2.05, 4.69) is 29.3 Å². The van der Waals surface area contributed by atoms with Crippen molar-refractivity contribution in [2.24, 2.45) is 0 Å². The first-order valence-electron chi connectivity index (χ1n) is 12.6. The first-order valence-corrected chi connectivity index (χ1v) is 14.1. The number of rotatable bonds is 13. The van der Waals surface area contributed by atoms with Gasteiger partial charge in [0.2, 0.25) is 11.8 Å². The van der Waals surface area contributed by atoms with Crippen LogP contribution in [0.3, 0.4) is 0 Å². The third-order valence-corrected chi connectivity index (χ3v) is 7.99. The van der Waals surface area contributed by atoms with Crippen molar-refractivity contribution in [3.63, 3.8) is 0 Å². The number of nitrogens with one attached hydrogen (secondary N) is 1. The van der Waals surface area contributed by atoms with Crippen molar-refractivity contribution < 1.29 is 26.8 Å². The van der Waals surface area contributed by atoms with E-state index < -0.39 is 10.0 Å². The summed E-state index contributed by atoms with van der Waals surface area (Å²) in [7, 11) is -2.60. The van der Waals surface area contributed by atoms with Crippen LogP contribution in [0, 0.1) is 13.8 Å². The molecule has 0 aliphatic rings. The molecule has 0 fully saturated rings. The molecule has 0 radical (unpaired) electrons. The van der Waals surface area contributed by atoms with Crippen molar-refractivity contribution in [2.45, 2.75) is 45.2 Å². The van der Waals surface area contributed by atoms with E-state index in [-0.39, 0.29) is 30.2 Å². The highest BCUT2D eigenvalue weighted by Crippen LogP contribution is 2.36. The van der Waals surface area contributed by atoms with Crippen LogP contribution in [0.4, 0.5) is 5.88 Å². The lowest BCUT2D eigenvalue weighted by molar-refractivity contribution is 0.0744. The van der Waals surface area contributed by atoms with Crippen LogP contribution < -0.4 is 9.62 Å². The van der Waals surface area contributed by atoms with Crippen LogP contribution in [0.15, 0.2) is 68.8 Å². The maximum absolute atomic E-state index is 14.3. The largest absolute Gasteiger partial charge is 0.445 e. The number of benzene rings is 2. The van der Waals surface area contributed by atoms with Crippen LogP contribution in [0.25, 0.3) is 22.6 Å². The zero-order chi connectivity index (χ0) is 28.0. The van der Waals surface area contributed by atoms with Crippen LogP contribution in [-0.4, -0.2) is 51.7 Å². The summed E-state index contributed by atoms with van der Waals surface area (Å²) in [5.41, 5.74) is 4.22. The van der Waals surface area contributed by atoms with E-state index in [4.69, 9.17) is 18.4 Å². The summed E-state index contributed by atoms with van der Waals surface area (Å²) < 4.78 is 51.3. The van der Waals surface area contributed by atoms with Gasteiger partial charge in [0.15, 0.2) is 0 Å². The Morgan fingerprint density at radius 2 is 1.87 bits per heavy atom. The second-order valence-electron chi connectivity index (χ2n) is 9.32. The molecule has 0 amide bonds. The maximum Gasteiger partial charge on any atom is 0.269 e. The first kappa shape index (κ1) is 28.5. The summed E-state index contributed by atoms with van der Waals surface area (Å²) >= 11 is 0. The Bertz CT molecular complexity index is 1480. The maximum atomic E-state index is 14.3. The number of aryl methyl sites for hydroxylation is 1. The van der Waals surface area contributed by atoms with Gasteiger partial charge in [0.05, 0.1) is 30.0 Å². The zero-order valence-corrected chi connectivity index (χ0v) is 23.6. The number of oxazole rings is 1. The van der Waals surface area contributed by atoms with Gasteiger partial charge >= 0.3 is 0 Å². The number of aromatic nitrogens is 2. The Morgan fingerprint density at radius 1 is 1.08 bits per heavy atom. The number of hydrogen-bond donors (Lipinski definition) is 1. The van der Waals surface area contributed by atoms with Gasteiger partial charge in [0, 0.05) is 36.4 Å². The monoisotopic (exact) mass is 554 g/mol. The minimum Gasteiger partial charge on any atom is -0.445 e. The molecule has 2 aromatic heterocycles. The highest BCUT2D eigenvalue weighted by molar-refractivity contribution is 7.93. The fraction of sp³-hybridized carbons (Fsp3) is 0.357. The van der Waals surface area contributed by atoms with Crippen LogP contribution in [-0.2, 0) is 26.0 Å². The normalized spacial score (nSPS) is 11.8. The van der Waals surface area contributed by atoms with Crippen LogP contribution in [0.5, 0.6) is 0 Å². The molecule has 4 aromatic rings. The lowest BCUT2D eigenvalue weighted by Gasteiger charge is -2.24. The Balaban J connectivity index is 1.82. The number of methoxy groups -OCH3 is 1. The van der Waals surface area contributed by atoms with Gasteiger partial charge in [-0.1, -0.05) is 43.3 Å². The molecular weight excluding hydrogens is 520 g/mol. The molecule has 0 aliphatic heterocycles. The van der Waals surface area contributed by atoms with Gasteiger partial charge < -0.3 is 23.7 Å². The van der Waals surface area contributed by atoms with Crippen molar-refractivity contribution in [2.75, 3.05) is 31.4 Å². The van der Waals surface area contributed by atoms with Crippen molar-refractivity contribution in [3.05, 3.63) is 71.7 Å². The van der Waals surface area contributed by atoms with E-state index >= 15 is 0 Å². The second kappa shape index (κ2) is 12.6. The Labute approximate surface area is 229 Å². The molecule has 11 heteroatoms.